The van der Waals surface area contributed by atoms with Gasteiger partial charge in [0.15, 0.2) is 5.65 Å². The summed E-state index contributed by atoms with van der Waals surface area (Å²) in [5.74, 6) is 0. The fourth-order valence-electron chi connectivity index (χ4n) is 1.24. The molecule has 1 unspecified atom stereocenters. The molecule has 4 nitrogen and oxygen atoms in total. The summed E-state index contributed by atoms with van der Waals surface area (Å²) in [7, 11) is 0. The van der Waals surface area contributed by atoms with E-state index < -0.39 is 6.10 Å². The lowest BCUT2D eigenvalue weighted by atomic mass is 10.3. The Balaban J connectivity index is 2.61. The van der Waals surface area contributed by atoms with E-state index in [1.165, 1.54) is 0 Å². The first-order chi connectivity index (χ1) is 6.16. The second kappa shape index (κ2) is 2.81. The number of nitrogens with zero attached hydrogens (tertiary/aromatic N) is 3. The first kappa shape index (κ1) is 8.19. The lowest BCUT2D eigenvalue weighted by molar-refractivity contribution is 0.192. The number of aliphatic hydroxyl groups excluding tert-OH is 1. The van der Waals surface area contributed by atoms with Crippen LogP contribution in [0.15, 0.2) is 18.3 Å². The number of imidazole rings is 1. The number of hydrogen-bond acceptors (Lipinski definition) is 3. The molecule has 68 valence electrons. The zero-order valence-electron chi connectivity index (χ0n) is 7.60. The van der Waals surface area contributed by atoms with Gasteiger partial charge in [0.25, 0.3) is 0 Å². The van der Waals surface area contributed by atoms with Crippen LogP contribution in [0.3, 0.4) is 0 Å². The van der Waals surface area contributed by atoms with E-state index in [4.69, 9.17) is 0 Å². The van der Waals surface area contributed by atoms with Gasteiger partial charge in [-0.05, 0) is 26.0 Å². The average molecular weight is 177 g/mol. The summed E-state index contributed by atoms with van der Waals surface area (Å²) in [6.45, 7) is 3.61. The van der Waals surface area contributed by atoms with Crippen LogP contribution >= 0.6 is 0 Å². The first-order valence-corrected chi connectivity index (χ1v) is 4.18. The Hall–Kier alpha value is -1.42. The molecule has 0 aliphatic carbocycles. The van der Waals surface area contributed by atoms with E-state index in [0.29, 0.717) is 5.69 Å². The Morgan fingerprint density at radius 2 is 2.23 bits per heavy atom. The summed E-state index contributed by atoms with van der Waals surface area (Å²) in [5.41, 5.74) is 2.39. The molecule has 2 rings (SSSR count). The predicted octanol–water partition coefficient (Wildman–Crippen LogP) is 1.09. The molecule has 0 bridgehead atoms. The Morgan fingerprint density at radius 3 is 2.92 bits per heavy atom. The third-order valence-electron chi connectivity index (χ3n) is 1.89. The molecule has 2 aromatic rings. The van der Waals surface area contributed by atoms with Gasteiger partial charge < -0.3 is 5.11 Å². The standard InChI is InChI=1S/C9H11N3O/c1-6-5-12-9(10-6)4-3-8(11-12)7(2)13/h3-5,7,13H,1-2H3. The zero-order valence-corrected chi connectivity index (χ0v) is 7.60. The van der Waals surface area contributed by atoms with E-state index in [-0.39, 0.29) is 0 Å². The van der Waals surface area contributed by atoms with Crippen LogP contribution in [0.2, 0.25) is 0 Å². The molecule has 0 spiro atoms. The molecular formula is C9H11N3O. The van der Waals surface area contributed by atoms with E-state index >= 15 is 0 Å². The number of fused-ring (bicyclic) bond motifs is 1. The number of aliphatic hydroxyl groups is 1. The number of aryl methyl sites for hydroxylation is 1. The van der Waals surface area contributed by atoms with Crippen LogP contribution < -0.4 is 0 Å². The molecule has 1 atom stereocenters. The van der Waals surface area contributed by atoms with Crippen molar-refractivity contribution >= 4 is 5.65 Å². The second-order valence-electron chi connectivity index (χ2n) is 3.12. The number of rotatable bonds is 1. The Labute approximate surface area is 75.8 Å². The molecule has 2 heterocycles. The molecule has 0 radical (unpaired) electrons. The van der Waals surface area contributed by atoms with Gasteiger partial charge in [0.2, 0.25) is 0 Å². The van der Waals surface area contributed by atoms with Crippen molar-refractivity contribution < 1.29 is 5.11 Å². The summed E-state index contributed by atoms with van der Waals surface area (Å²) < 4.78 is 1.68. The van der Waals surface area contributed by atoms with Crippen LogP contribution in [0.25, 0.3) is 5.65 Å². The van der Waals surface area contributed by atoms with Gasteiger partial charge in [0.05, 0.1) is 23.7 Å². The Bertz CT molecular complexity index is 433. The monoisotopic (exact) mass is 177 g/mol. The molecule has 0 aliphatic heterocycles. The van der Waals surface area contributed by atoms with Gasteiger partial charge in [-0.3, -0.25) is 0 Å². The highest BCUT2D eigenvalue weighted by atomic mass is 16.3. The van der Waals surface area contributed by atoms with Gasteiger partial charge in [0.1, 0.15) is 0 Å². The second-order valence-corrected chi connectivity index (χ2v) is 3.12. The largest absolute Gasteiger partial charge is 0.387 e. The van der Waals surface area contributed by atoms with Crippen LogP contribution in [-0.2, 0) is 0 Å². The molecule has 2 aromatic heterocycles. The van der Waals surface area contributed by atoms with Gasteiger partial charge in [-0.15, -0.1) is 0 Å². The molecule has 0 amide bonds. The van der Waals surface area contributed by atoms with Gasteiger partial charge >= 0.3 is 0 Å². The summed E-state index contributed by atoms with van der Waals surface area (Å²) >= 11 is 0. The van der Waals surface area contributed by atoms with Crippen molar-refractivity contribution in [3.63, 3.8) is 0 Å². The van der Waals surface area contributed by atoms with E-state index in [1.54, 1.807) is 17.5 Å². The van der Waals surface area contributed by atoms with Crippen molar-refractivity contribution in [2.45, 2.75) is 20.0 Å². The predicted molar refractivity (Wildman–Crippen MR) is 48.4 cm³/mol. The molecule has 0 saturated carbocycles. The maximum absolute atomic E-state index is 9.29. The SMILES string of the molecule is Cc1cn2nc(C(C)O)ccc2n1. The van der Waals surface area contributed by atoms with E-state index in [1.807, 2.05) is 19.2 Å². The maximum atomic E-state index is 9.29. The first-order valence-electron chi connectivity index (χ1n) is 4.18. The maximum Gasteiger partial charge on any atom is 0.153 e. The van der Waals surface area contributed by atoms with Crippen molar-refractivity contribution in [1.82, 2.24) is 14.6 Å². The topological polar surface area (TPSA) is 50.4 Å². The van der Waals surface area contributed by atoms with Crippen LogP contribution in [0, 0.1) is 6.92 Å². The molecule has 4 heteroatoms. The highest BCUT2D eigenvalue weighted by Crippen LogP contribution is 2.09. The summed E-state index contributed by atoms with van der Waals surface area (Å²) in [5, 5.41) is 13.5. The van der Waals surface area contributed by atoms with Crippen LogP contribution in [0.4, 0.5) is 0 Å². The van der Waals surface area contributed by atoms with Gasteiger partial charge in [-0.2, -0.15) is 5.10 Å². The molecule has 1 N–H and O–H groups in total. The third kappa shape index (κ3) is 1.40. The lowest BCUT2D eigenvalue weighted by Crippen LogP contribution is -2.00. The van der Waals surface area contributed by atoms with Crippen molar-refractivity contribution in [2.24, 2.45) is 0 Å². The van der Waals surface area contributed by atoms with Gasteiger partial charge in [0, 0.05) is 0 Å². The van der Waals surface area contributed by atoms with Crippen molar-refractivity contribution in [1.29, 1.82) is 0 Å². The van der Waals surface area contributed by atoms with Crippen LogP contribution in [-0.4, -0.2) is 19.7 Å². The van der Waals surface area contributed by atoms with Gasteiger partial charge in [-0.1, -0.05) is 0 Å². The van der Waals surface area contributed by atoms with E-state index in [0.717, 1.165) is 11.3 Å². The fourth-order valence-corrected chi connectivity index (χ4v) is 1.24. The highest BCUT2D eigenvalue weighted by molar-refractivity contribution is 5.38. The van der Waals surface area contributed by atoms with Crippen molar-refractivity contribution in [2.75, 3.05) is 0 Å². The third-order valence-corrected chi connectivity index (χ3v) is 1.89. The molecule has 13 heavy (non-hydrogen) atoms. The van der Waals surface area contributed by atoms with Crippen LogP contribution in [0.5, 0.6) is 0 Å². The Morgan fingerprint density at radius 1 is 1.46 bits per heavy atom. The molecule has 0 fully saturated rings. The van der Waals surface area contributed by atoms with E-state index in [2.05, 4.69) is 10.1 Å². The summed E-state index contributed by atoms with van der Waals surface area (Å²) in [6, 6.07) is 3.63. The zero-order chi connectivity index (χ0) is 9.42. The fraction of sp³-hybridized carbons (Fsp3) is 0.333. The summed E-state index contributed by atoms with van der Waals surface area (Å²) in [4.78, 5) is 4.23. The normalized spacial score (nSPS) is 13.5. The van der Waals surface area contributed by atoms with E-state index in [9.17, 15) is 5.11 Å². The minimum Gasteiger partial charge on any atom is -0.387 e. The minimum atomic E-state index is -0.535. The smallest absolute Gasteiger partial charge is 0.153 e. The molecule has 0 saturated heterocycles. The average Bonchev–Trinajstić information content (AvgIpc) is 2.42. The highest BCUT2D eigenvalue weighted by Gasteiger charge is 2.04. The minimum absolute atomic E-state index is 0.535. The Kier molecular flexibility index (Phi) is 1.77. The van der Waals surface area contributed by atoms with Crippen LogP contribution in [0.1, 0.15) is 24.4 Å². The molecule has 0 aromatic carbocycles. The lowest BCUT2D eigenvalue weighted by Gasteiger charge is -2.02. The molecule has 0 aliphatic rings. The van der Waals surface area contributed by atoms with Crippen molar-refractivity contribution in [3.05, 3.63) is 29.7 Å². The number of aromatic nitrogens is 3. The quantitative estimate of drug-likeness (QED) is 0.709. The number of hydrogen-bond donors (Lipinski definition) is 1. The van der Waals surface area contributed by atoms with Gasteiger partial charge in [-0.25, -0.2) is 9.50 Å². The van der Waals surface area contributed by atoms with Crippen molar-refractivity contribution in [3.8, 4) is 0 Å². The summed E-state index contributed by atoms with van der Waals surface area (Å²) in [6.07, 6.45) is 1.30. The molecular weight excluding hydrogens is 166 g/mol.